The van der Waals surface area contributed by atoms with Crippen molar-refractivity contribution in [3.05, 3.63) is 34.3 Å². The van der Waals surface area contributed by atoms with Gasteiger partial charge in [-0.15, -0.1) is 10.2 Å². The van der Waals surface area contributed by atoms with Crippen molar-refractivity contribution in [1.29, 1.82) is 5.26 Å². The number of rotatable bonds is 6. The molecule has 1 N–H and O–H groups in total. The second-order valence-corrected chi connectivity index (χ2v) is 5.78. The van der Waals surface area contributed by atoms with Crippen LogP contribution in [0.25, 0.3) is 6.08 Å². The highest BCUT2D eigenvalue weighted by molar-refractivity contribution is 7.15. The highest BCUT2D eigenvalue weighted by atomic mass is 32.1. The molecule has 0 saturated carbocycles. The van der Waals surface area contributed by atoms with Crippen molar-refractivity contribution in [1.82, 2.24) is 10.2 Å². The summed E-state index contributed by atoms with van der Waals surface area (Å²) in [7, 11) is 1.53. The summed E-state index contributed by atoms with van der Waals surface area (Å²) in [6, 6.07) is 7.06. The number of nitriles is 1. The molecule has 7 nitrogen and oxygen atoms in total. The summed E-state index contributed by atoms with van der Waals surface area (Å²) in [6.45, 7) is 4.17. The van der Waals surface area contributed by atoms with Gasteiger partial charge in [0.25, 0.3) is 5.91 Å². The van der Waals surface area contributed by atoms with Gasteiger partial charge >= 0.3 is 0 Å². The molecule has 0 aliphatic carbocycles. The molecule has 0 fully saturated rings. The number of carbonyl (C=O) groups excluding carboxylic acids is 1. The lowest BCUT2D eigenvalue weighted by molar-refractivity contribution is -0.112. The van der Waals surface area contributed by atoms with Gasteiger partial charge in [-0.3, -0.25) is 10.1 Å². The largest absolute Gasteiger partial charge is 0.493 e. The van der Waals surface area contributed by atoms with Crippen LogP contribution < -0.4 is 14.8 Å². The Labute approximate surface area is 143 Å². The van der Waals surface area contributed by atoms with Gasteiger partial charge in [0.15, 0.2) is 11.5 Å². The Morgan fingerprint density at radius 3 is 2.79 bits per heavy atom. The number of anilines is 1. The normalized spacial score (nSPS) is 10.8. The Hall–Kier alpha value is -2.92. The van der Waals surface area contributed by atoms with E-state index in [0.29, 0.717) is 28.8 Å². The summed E-state index contributed by atoms with van der Waals surface area (Å²) in [4.78, 5) is 12.2. The molecule has 8 heteroatoms. The molecule has 0 radical (unpaired) electrons. The number of methoxy groups -OCH3 is 1. The van der Waals surface area contributed by atoms with Crippen LogP contribution >= 0.6 is 11.3 Å². The summed E-state index contributed by atoms with van der Waals surface area (Å²) in [5, 5.41) is 20.5. The van der Waals surface area contributed by atoms with Crippen LogP contribution in [0.2, 0.25) is 0 Å². The number of carbonyl (C=O) groups is 1. The van der Waals surface area contributed by atoms with Crippen molar-refractivity contribution < 1.29 is 14.3 Å². The zero-order chi connectivity index (χ0) is 17.5. The van der Waals surface area contributed by atoms with E-state index in [1.165, 1.54) is 24.5 Å². The molecular weight excluding hydrogens is 328 g/mol. The first-order chi connectivity index (χ1) is 11.6. The number of amides is 1. The fourth-order valence-electron chi connectivity index (χ4n) is 1.88. The van der Waals surface area contributed by atoms with Gasteiger partial charge in [-0.2, -0.15) is 5.26 Å². The minimum absolute atomic E-state index is 0.0472. The fraction of sp³-hybridized carbons (Fsp3) is 0.250. The summed E-state index contributed by atoms with van der Waals surface area (Å²) >= 11 is 1.24. The number of hydrogen-bond acceptors (Lipinski definition) is 7. The maximum absolute atomic E-state index is 12.2. The maximum Gasteiger partial charge on any atom is 0.268 e. The van der Waals surface area contributed by atoms with Gasteiger partial charge in [-0.05, 0) is 37.6 Å². The SMILES string of the molecule is CCOc1ccc(C=C(C#N)C(=O)Nc2nnc(C)s2)cc1OC. The van der Waals surface area contributed by atoms with Crippen LogP contribution in [0.15, 0.2) is 23.8 Å². The molecular formula is C16H16N4O3S. The van der Waals surface area contributed by atoms with E-state index in [1.807, 2.05) is 13.0 Å². The summed E-state index contributed by atoms with van der Waals surface area (Å²) < 4.78 is 10.7. The molecule has 0 atom stereocenters. The number of ether oxygens (including phenoxy) is 2. The van der Waals surface area contributed by atoms with Gasteiger partial charge in [0.1, 0.15) is 16.6 Å². The van der Waals surface area contributed by atoms with E-state index in [9.17, 15) is 10.1 Å². The van der Waals surface area contributed by atoms with Gasteiger partial charge in [-0.1, -0.05) is 17.4 Å². The molecule has 24 heavy (non-hydrogen) atoms. The zero-order valence-electron chi connectivity index (χ0n) is 13.5. The molecule has 0 saturated heterocycles. The molecule has 2 rings (SSSR count). The Morgan fingerprint density at radius 2 is 2.21 bits per heavy atom. The molecule has 1 aromatic carbocycles. The molecule has 0 aliphatic heterocycles. The number of aryl methyl sites for hydroxylation is 1. The maximum atomic E-state index is 12.2. The lowest BCUT2D eigenvalue weighted by Gasteiger charge is -2.09. The third-order valence-electron chi connectivity index (χ3n) is 2.91. The van der Waals surface area contributed by atoms with Crippen molar-refractivity contribution in [2.24, 2.45) is 0 Å². The molecule has 0 spiro atoms. The zero-order valence-corrected chi connectivity index (χ0v) is 14.3. The molecule has 2 aromatic rings. The van der Waals surface area contributed by atoms with Crippen molar-refractivity contribution in [2.45, 2.75) is 13.8 Å². The monoisotopic (exact) mass is 344 g/mol. The van der Waals surface area contributed by atoms with Gasteiger partial charge in [0, 0.05) is 0 Å². The minimum Gasteiger partial charge on any atom is -0.493 e. The van der Waals surface area contributed by atoms with Crippen LogP contribution in [-0.2, 0) is 4.79 Å². The molecule has 1 heterocycles. The van der Waals surface area contributed by atoms with Gasteiger partial charge < -0.3 is 9.47 Å². The third kappa shape index (κ3) is 4.30. The van der Waals surface area contributed by atoms with E-state index >= 15 is 0 Å². The van der Waals surface area contributed by atoms with Crippen LogP contribution in [0.5, 0.6) is 11.5 Å². The highest BCUT2D eigenvalue weighted by Crippen LogP contribution is 2.29. The molecule has 1 aromatic heterocycles. The average molecular weight is 344 g/mol. The fourth-order valence-corrected chi connectivity index (χ4v) is 2.46. The van der Waals surface area contributed by atoms with E-state index < -0.39 is 5.91 Å². The van der Waals surface area contributed by atoms with Crippen LogP contribution in [0.3, 0.4) is 0 Å². The number of hydrogen-bond donors (Lipinski definition) is 1. The Morgan fingerprint density at radius 1 is 1.42 bits per heavy atom. The predicted molar refractivity (Wildman–Crippen MR) is 91.0 cm³/mol. The molecule has 0 aliphatic rings. The van der Waals surface area contributed by atoms with E-state index in [1.54, 1.807) is 25.1 Å². The third-order valence-corrected chi connectivity index (χ3v) is 3.66. The highest BCUT2D eigenvalue weighted by Gasteiger charge is 2.13. The van der Waals surface area contributed by atoms with Crippen molar-refractivity contribution in [3.8, 4) is 17.6 Å². The topological polar surface area (TPSA) is 97.1 Å². The molecule has 1 amide bonds. The van der Waals surface area contributed by atoms with Crippen molar-refractivity contribution in [3.63, 3.8) is 0 Å². The Bertz CT molecular complexity index is 808. The van der Waals surface area contributed by atoms with Crippen LogP contribution in [0.4, 0.5) is 5.13 Å². The summed E-state index contributed by atoms with van der Waals surface area (Å²) in [6.07, 6.45) is 1.47. The second-order valence-electron chi connectivity index (χ2n) is 4.59. The predicted octanol–water partition coefficient (Wildman–Crippen LogP) is 2.80. The standard InChI is InChI=1S/C16H16N4O3S/c1-4-23-13-6-5-11(8-14(13)22-3)7-12(9-17)15(21)18-16-20-19-10(2)24-16/h5-8H,4H2,1-3H3,(H,18,20,21). The Kier molecular flexibility index (Phi) is 5.87. The van der Waals surface area contributed by atoms with Crippen LogP contribution in [0.1, 0.15) is 17.5 Å². The lowest BCUT2D eigenvalue weighted by atomic mass is 10.1. The van der Waals surface area contributed by atoms with E-state index in [4.69, 9.17) is 9.47 Å². The quantitative estimate of drug-likeness (QED) is 0.639. The number of nitrogens with one attached hydrogen (secondary N) is 1. The first-order valence-corrected chi connectivity index (χ1v) is 7.93. The smallest absolute Gasteiger partial charge is 0.268 e. The number of aromatic nitrogens is 2. The van der Waals surface area contributed by atoms with Crippen molar-refractivity contribution >= 4 is 28.5 Å². The minimum atomic E-state index is -0.540. The summed E-state index contributed by atoms with van der Waals surface area (Å²) in [5.41, 5.74) is 0.601. The molecule has 0 bridgehead atoms. The van der Waals surface area contributed by atoms with Gasteiger partial charge in [0.2, 0.25) is 5.13 Å². The molecule has 124 valence electrons. The first kappa shape index (κ1) is 17.4. The Balaban J connectivity index is 2.23. The van der Waals surface area contributed by atoms with Crippen molar-refractivity contribution in [2.75, 3.05) is 19.0 Å². The van der Waals surface area contributed by atoms with E-state index in [0.717, 1.165) is 5.01 Å². The lowest BCUT2D eigenvalue weighted by Crippen LogP contribution is -2.13. The first-order valence-electron chi connectivity index (χ1n) is 7.11. The second kappa shape index (κ2) is 8.08. The van der Waals surface area contributed by atoms with E-state index in [2.05, 4.69) is 15.5 Å². The van der Waals surface area contributed by atoms with Gasteiger partial charge in [-0.25, -0.2) is 0 Å². The number of benzene rings is 1. The van der Waals surface area contributed by atoms with Crippen LogP contribution in [-0.4, -0.2) is 29.8 Å². The van der Waals surface area contributed by atoms with E-state index in [-0.39, 0.29) is 5.57 Å². The average Bonchev–Trinajstić information content (AvgIpc) is 2.98. The molecule has 0 unspecified atom stereocenters. The summed E-state index contributed by atoms with van der Waals surface area (Å²) in [5.74, 6) is 0.592. The van der Waals surface area contributed by atoms with Gasteiger partial charge in [0.05, 0.1) is 13.7 Å². The number of nitrogens with zero attached hydrogens (tertiary/aromatic N) is 3. The van der Waals surface area contributed by atoms with Crippen LogP contribution in [0, 0.1) is 18.3 Å².